The van der Waals surface area contributed by atoms with Crippen LogP contribution in [0, 0.1) is 0 Å². The lowest BCUT2D eigenvalue weighted by atomic mass is 10.2. The van der Waals surface area contributed by atoms with Gasteiger partial charge in [-0.1, -0.05) is 0 Å². The van der Waals surface area contributed by atoms with Crippen molar-refractivity contribution in [3.63, 3.8) is 0 Å². The predicted molar refractivity (Wildman–Crippen MR) is 85.9 cm³/mol. The van der Waals surface area contributed by atoms with Crippen molar-refractivity contribution in [2.24, 2.45) is 7.05 Å². The van der Waals surface area contributed by atoms with Gasteiger partial charge in [0.25, 0.3) is 0 Å². The summed E-state index contributed by atoms with van der Waals surface area (Å²) in [6.07, 6.45) is 4.03. The molecule has 1 aliphatic rings. The Morgan fingerprint density at radius 1 is 1.41 bits per heavy atom. The smallest absolute Gasteiger partial charge is 0.205 e. The molecule has 0 aliphatic carbocycles. The van der Waals surface area contributed by atoms with E-state index >= 15 is 0 Å². The van der Waals surface area contributed by atoms with E-state index in [0.717, 1.165) is 37.1 Å². The lowest BCUT2D eigenvalue weighted by Gasteiger charge is -2.39. The number of aryl methyl sites for hydroxylation is 1. The Morgan fingerprint density at radius 2 is 2.27 bits per heavy atom. The number of piperazine rings is 1. The molecule has 0 aromatic carbocycles. The first-order valence-electron chi connectivity index (χ1n) is 7.43. The molecule has 0 amide bonds. The molecule has 1 unspecified atom stereocenters. The average Bonchev–Trinajstić information content (AvgIpc) is 3.11. The van der Waals surface area contributed by atoms with E-state index < -0.39 is 0 Å². The van der Waals surface area contributed by atoms with Gasteiger partial charge in [0.05, 0.1) is 6.20 Å². The number of ether oxygens (including phenoxy) is 1. The minimum absolute atomic E-state index is 0.476. The van der Waals surface area contributed by atoms with Gasteiger partial charge in [0, 0.05) is 69.7 Å². The number of anilines is 1. The molecule has 1 saturated heterocycles. The molecule has 1 atom stereocenters. The second-order valence-electron chi connectivity index (χ2n) is 5.71. The third-order valence-electron chi connectivity index (χ3n) is 3.91. The Balaban J connectivity index is 1.59. The lowest BCUT2D eigenvalue weighted by Crippen LogP contribution is -2.51. The van der Waals surface area contributed by atoms with Gasteiger partial charge < -0.3 is 9.64 Å². The fourth-order valence-corrected chi connectivity index (χ4v) is 3.46. The monoisotopic (exact) mass is 322 g/mol. The van der Waals surface area contributed by atoms with Gasteiger partial charge in [0.2, 0.25) is 5.13 Å². The molecule has 2 aromatic rings. The van der Waals surface area contributed by atoms with Crippen molar-refractivity contribution in [2.75, 3.05) is 31.6 Å². The molecule has 7 nitrogen and oxygen atoms in total. The highest BCUT2D eigenvalue weighted by Gasteiger charge is 2.26. The van der Waals surface area contributed by atoms with E-state index in [1.54, 1.807) is 7.11 Å². The van der Waals surface area contributed by atoms with Crippen LogP contribution in [-0.4, -0.2) is 56.8 Å². The van der Waals surface area contributed by atoms with Crippen LogP contribution in [0.4, 0.5) is 5.13 Å². The van der Waals surface area contributed by atoms with Crippen LogP contribution in [0.25, 0.3) is 0 Å². The van der Waals surface area contributed by atoms with Crippen LogP contribution in [-0.2, 0) is 24.9 Å². The Labute approximate surface area is 134 Å². The molecule has 120 valence electrons. The minimum Gasteiger partial charge on any atom is -0.377 e. The van der Waals surface area contributed by atoms with Crippen LogP contribution < -0.4 is 4.90 Å². The quantitative estimate of drug-likeness (QED) is 0.822. The van der Waals surface area contributed by atoms with E-state index in [4.69, 9.17) is 4.74 Å². The molecule has 0 spiro atoms. The number of methoxy groups -OCH3 is 1. The van der Waals surface area contributed by atoms with Gasteiger partial charge in [-0.15, -0.1) is 0 Å². The number of nitrogens with zero attached hydrogens (tertiary/aromatic N) is 6. The molecular formula is C14H22N6OS. The molecular weight excluding hydrogens is 300 g/mol. The maximum absolute atomic E-state index is 5.08. The highest BCUT2D eigenvalue weighted by atomic mass is 32.1. The molecule has 22 heavy (non-hydrogen) atoms. The summed E-state index contributed by atoms with van der Waals surface area (Å²) in [5.74, 6) is 0.771. The van der Waals surface area contributed by atoms with E-state index in [1.165, 1.54) is 17.1 Å². The average molecular weight is 322 g/mol. The Bertz CT molecular complexity index is 612. The number of rotatable bonds is 5. The van der Waals surface area contributed by atoms with E-state index in [-0.39, 0.29) is 0 Å². The number of aromatic nitrogens is 4. The van der Waals surface area contributed by atoms with Crippen molar-refractivity contribution < 1.29 is 4.74 Å². The van der Waals surface area contributed by atoms with E-state index in [0.29, 0.717) is 12.6 Å². The van der Waals surface area contributed by atoms with Crippen LogP contribution in [0.1, 0.15) is 18.3 Å². The predicted octanol–water partition coefficient (Wildman–Crippen LogP) is 1.13. The topological polar surface area (TPSA) is 59.3 Å². The fraction of sp³-hybridized carbons (Fsp3) is 0.643. The zero-order valence-corrected chi connectivity index (χ0v) is 14.1. The van der Waals surface area contributed by atoms with Crippen molar-refractivity contribution in [3.8, 4) is 0 Å². The summed E-state index contributed by atoms with van der Waals surface area (Å²) in [7, 11) is 3.62. The van der Waals surface area contributed by atoms with Crippen LogP contribution in [0.15, 0.2) is 12.4 Å². The first kappa shape index (κ1) is 15.4. The zero-order chi connectivity index (χ0) is 15.5. The molecule has 0 bridgehead atoms. The third kappa shape index (κ3) is 3.45. The summed E-state index contributed by atoms with van der Waals surface area (Å²) in [6.45, 7) is 6.67. The Morgan fingerprint density at radius 3 is 2.95 bits per heavy atom. The molecule has 0 radical (unpaired) electrons. The van der Waals surface area contributed by atoms with Crippen LogP contribution in [0.2, 0.25) is 0 Å². The lowest BCUT2D eigenvalue weighted by molar-refractivity contribution is 0.177. The normalized spacial score (nSPS) is 19.8. The molecule has 3 heterocycles. The third-order valence-corrected chi connectivity index (χ3v) is 4.73. The highest BCUT2D eigenvalue weighted by Crippen LogP contribution is 2.22. The first-order valence-corrected chi connectivity index (χ1v) is 8.21. The summed E-state index contributed by atoms with van der Waals surface area (Å²) >= 11 is 1.46. The standard InChI is InChI=1S/C14H22N6OS/c1-11-7-20(14-16-13(10-21-3)17-22-14)5-4-19(11)9-12-6-15-18(2)8-12/h6,8,11H,4-5,7,9-10H2,1-3H3. The largest absolute Gasteiger partial charge is 0.377 e. The molecule has 2 aromatic heterocycles. The van der Waals surface area contributed by atoms with E-state index in [9.17, 15) is 0 Å². The molecule has 0 saturated carbocycles. The molecule has 1 fully saturated rings. The first-order chi connectivity index (χ1) is 10.7. The van der Waals surface area contributed by atoms with Gasteiger partial charge >= 0.3 is 0 Å². The number of hydrogen-bond acceptors (Lipinski definition) is 7. The Hall–Kier alpha value is -1.51. The van der Waals surface area contributed by atoms with Gasteiger partial charge in [0.1, 0.15) is 6.61 Å². The van der Waals surface area contributed by atoms with Gasteiger partial charge in [-0.05, 0) is 6.92 Å². The molecule has 3 rings (SSSR count). The minimum atomic E-state index is 0.476. The van der Waals surface area contributed by atoms with Crippen molar-refractivity contribution in [1.82, 2.24) is 24.0 Å². The van der Waals surface area contributed by atoms with Crippen molar-refractivity contribution >= 4 is 16.7 Å². The van der Waals surface area contributed by atoms with Gasteiger partial charge in [0.15, 0.2) is 5.82 Å². The molecule has 8 heteroatoms. The summed E-state index contributed by atoms with van der Waals surface area (Å²) in [4.78, 5) is 9.36. The van der Waals surface area contributed by atoms with Gasteiger partial charge in [-0.2, -0.15) is 9.47 Å². The molecule has 0 N–H and O–H groups in total. The second kappa shape index (κ2) is 6.72. The summed E-state index contributed by atoms with van der Waals surface area (Å²) < 4.78 is 11.3. The fourth-order valence-electron chi connectivity index (χ4n) is 2.75. The second-order valence-corrected chi connectivity index (χ2v) is 6.44. The van der Waals surface area contributed by atoms with E-state index in [2.05, 4.69) is 37.4 Å². The SMILES string of the molecule is COCc1nsc(N2CCN(Cc3cnn(C)c3)C(C)C2)n1. The Kier molecular flexibility index (Phi) is 4.70. The van der Waals surface area contributed by atoms with Crippen molar-refractivity contribution in [1.29, 1.82) is 0 Å². The zero-order valence-electron chi connectivity index (χ0n) is 13.3. The highest BCUT2D eigenvalue weighted by molar-refractivity contribution is 7.09. The van der Waals surface area contributed by atoms with Crippen LogP contribution in [0.5, 0.6) is 0 Å². The maximum Gasteiger partial charge on any atom is 0.205 e. The van der Waals surface area contributed by atoms with Gasteiger partial charge in [-0.25, -0.2) is 4.98 Å². The van der Waals surface area contributed by atoms with Crippen molar-refractivity contribution in [2.45, 2.75) is 26.1 Å². The molecule has 1 aliphatic heterocycles. The van der Waals surface area contributed by atoms with Gasteiger partial charge in [-0.3, -0.25) is 9.58 Å². The van der Waals surface area contributed by atoms with Crippen LogP contribution >= 0.6 is 11.5 Å². The van der Waals surface area contributed by atoms with Crippen molar-refractivity contribution in [3.05, 3.63) is 23.8 Å². The number of hydrogen-bond donors (Lipinski definition) is 0. The summed E-state index contributed by atoms with van der Waals surface area (Å²) in [5.41, 5.74) is 1.26. The summed E-state index contributed by atoms with van der Waals surface area (Å²) in [5, 5.41) is 5.24. The van der Waals surface area contributed by atoms with Crippen LogP contribution in [0.3, 0.4) is 0 Å². The van der Waals surface area contributed by atoms with E-state index in [1.807, 2.05) is 17.9 Å². The summed E-state index contributed by atoms with van der Waals surface area (Å²) in [6, 6.07) is 0.476. The maximum atomic E-state index is 5.08.